The van der Waals surface area contributed by atoms with Crippen LogP contribution in [0.5, 0.6) is 0 Å². The zero-order chi connectivity index (χ0) is 17.9. The van der Waals surface area contributed by atoms with E-state index in [-0.39, 0.29) is 0 Å². The van der Waals surface area contributed by atoms with Crippen molar-refractivity contribution in [1.29, 1.82) is 0 Å². The van der Waals surface area contributed by atoms with Gasteiger partial charge in [0.2, 0.25) is 0 Å². The maximum atomic E-state index is 6.48. The van der Waals surface area contributed by atoms with Crippen molar-refractivity contribution in [3.05, 3.63) is 68.7 Å². The van der Waals surface area contributed by atoms with E-state index in [0.717, 1.165) is 10.0 Å². The summed E-state index contributed by atoms with van der Waals surface area (Å²) >= 11 is 13.0. The topological polar surface area (TPSA) is 0 Å². The number of rotatable bonds is 2. The molecule has 4 rings (SSSR count). The summed E-state index contributed by atoms with van der Waals surface area (Å²) in [4.78, 5) is 0. The maximum Gasteiger partial charge on any atom is 0.113 e. The van der Waals surface area contributed by atoms with Crippen LogP contribution in [0.3, 0.4) is 0 Å². The molecule has 0 spiro atoms. The molecule has 0 fully saturated rings. The summed E-state index contributed by atoms with van der Waals surface area (Å²) in [7, 11) is -1.90. The monoisotopic (exact) mass is 384 g/mol. The predicted octanol–water partition coefficient (Wildman–Crippen LogP) is 6.08. The van der Waals surface area contributed by atoms with Crippen LogP contribution in [-0.2, 0) is 0 Å². The van der Waals surface area contributed by atoms with E-state index in [1.807, 2.05) is 0 Å². The van der Waals surface area contributed by atoms with Crippen molar-refractivity contribution in [2.75, 3.05) is 0 Å². The Labute approximate surface area is 161 Å². The lowest BCUT2D eigenvalue weighted by Crippen LogP contribution is -2.56. The number of hydrogen-bond acceptors (Lipinski definition) is 0. The predicted molar refractivity (Wildman–Crippen MR) is 115 cm³/mol. The summed E-state index contributed by atoms with van der Waals surface area (Å²) in [6, 6.07) is 8.69. The van der Waals surface area contributed by atoms with Crippen molar-refractivity contribution < 1.29 is 0 Å². The standard InChI is InChI=1S/C22H22Cl2Si/c1-13-5-7-15-17(23)9-11-19(21(13)15)25(3,4)20-12-10-18(24)16-8-6-14(2)22(16)20/h5-14H,1-4H3. The average Bonchev–Trinajstić information content (AvgIpc) is 3.14. The molecular formula is C22H22Cl2Si. The van der Waals surface area contributed by atoms with E-state index in [1.54, 1.807) is 0 Å². The van der Waals surface area contributed by atoms with Crippen LogP contribution in [0.25, 0.3) is 12.2 Å². The first-order valence-electron chi connectivity index (χ1n) is 8.84. The molecule has 0 saturated heterocycles. The molecular weight excluding hydrogens is 363 g/mol. The SMILES string of the molecule is CC1C=Cc2c(Cl)ccc([Si](C)(C)c3ccc(Cl)c4c3C(C)C=C4)c21. The highest BCUT2D eigenvalue weighted by Gasteiger charge is 2.36. The van der Waals surface area contributed by atoms with Gasteiger partial charge in [-0.2, -0.15) is 0 Å². The quantitative estimate of drug-likeness (QED) is 0.550. The molecule has 3 heteroatoms. The van der Waals surface area contributed by atoms with Gasteiger partial charge in [-0.3, -0.25) is 0 Å². The molecule has 25 heavy (non-hydrogen) atoms. The van der Waals surface area contributed by atoms with Gasteiger partial charge in [-0.15, -0.1) is 0 Å². The van der Waals surface area contributed by atoms with Crippen LogP contribution in [0.15, 0.2) is 36.4 Å². The Morgan fingerprint density at radius 1 is 0.720 bits per heavy atom. The molecule has 0 heterocycles. The first kappa shape index (κ1) is 17.1. The molecule has 0 bridgehead atoms. The highest BCUT2D eigenvalue weighted by molar-refractivity contribution is 7.01. The van der Waals surface area contributed by atoms with E-state index >= 15 is 0 Å². The van der Waals surface area contributed by atoms with Crippen molar-refractivity contribution in [2.45, 2.75) is 38.8 Å². The number of fused-ring (bicyclic) bond motifs is 2. The number of halogens is 2. The molecule has 2 atom stereocenters. The van der Waals surface area contributed by atoms with E-state index in [0.29, 0.717) is 11.8 Å². The molecule has 0 saturated carbocycles. The van der Waals surface area contributed by atoms with Crippen LogP contribution in [0.2, 0.25) is 23.1 Å². The van der Waals surface area contributed by atoms with E-state index in [2.05, 4.69) is 75.5 Å². The minimum atomic E-state index is -1.90. The van der Waals surface area contributed by atoms with E-state index in [1.165, 1.54) is 32.6 Å². The highest BCUT2D eigenvalue weighted by atomic mass is 35.5. The van der Waals surface area contributed by atoms with Crippen molar-refractivity contribution in [3.8, 4) is 0 Å². The molecule has 128 valence electrons. The molecule has 2 aliphatic rings. The summed E-state index contributed by atoms with van der Waals surface area (Å²) in [5.74, 6) is 0.845. The molecule has 2 aromatic rings. The Balaban J connectivity index is 1.95. The normalized spacial score (nSPS) is 20.9. The Hall–Kier alpha value is -1.28. The largest absolute Gasteiger partial charge is 0.113 e. The number of hydrogen-bond donors (Lipinski definition) is 0. The highest BCUT2D eigenvalue weighted by Crippen LogP contribution is 2.37. The van der Waals surface area contributed by atoms with Gasteiger partial charge in [-0.1, -0.05) is 97.0 Å². The lowest BCUT2D eigenvalue weighted by Gasteiger charge is -2.31. The number of benzene rings is 2. The minimum Gasteiger partial charge on any atom is -0.0837 e. The molecule has 0 aliphatic heterocycles. The molecule has 0 aromatic heterocycles. The third-order valence-corrected chi connectivity index (χ3v) is 10.1. The van der Waals surface area contributed by atoms with Crippen LogP contribution in [0.1, 0.15) is 47.9 Å². The lowest BCUT2D eigenvalue weighted by atomic mass is 10.0. The molecule has 0 N–H and O–H groups in total. The van der Waals surface area contributed by atoms with Crippen LogP contribution in [0, 0.1) is 0 Å². The molecule has 0 amide bonds. The fraction of sp³-hybridized carbons (Fsp3) is 0.273. The van der Waals surface area contributed by atoms with Gasteiger partial charge in [0.1, 0.15) is 8.07 Å². The van der Waals surface area contributed by atoms with Crippen molar-refractivity contribution >= 4 is 53.8 Å². The summed E-state index contributed by atoms with van der Waals surface area (Å²) < 4.78 is 0. The summed E-state index contributed by atoms with van der Waals surface area (Å²) in [5.41, 5.74) is 5.27. The Morgan fingerprint density at radius 2 is 1.12 bits per heavy atom. The second-order valence-electron chi connectivity index (χ2n) is 7.77. The summed E-state index contributed by atoms with van der Waals surface area (Å²) in [6.07, 6.45) is 8.90. The number of allylic oxidation sites excluding steroid dienone is 2. The first-order valence-corrected chi connectivity index (χ1v) is 12.6. The molecule has 2 unspecified atom stereocenters. The van der Waals surface area contributed by atoms with Gasteiger partial charge in [-0.25, -0.2) is 0 Å². The van der Waals surface area contributed by atoms with Gasteiger partial charge in [0.25, 0.3) is 0 Å². The van der Waals surface area contributed by atoms with Gasteiger partial charge in [0.05, 0.1) is 0 Å². The fourth-order valence-corrected chi connectivity index (χ4v) is 8.27. The lowest BCUT2D eigenvalue weighted by molar-refractivity contribution is 0.993. The second kappa shape index (κ2) is 5.87. The van der Waals surface area contributed by atoms with Crippen molar-refractivity contribution in [3.63, 3.8) is 0 Å². The first-order chi connectivity index (χ1) is 11.8. The minimum absolute atomic E-state index is 0.423. The Bertz CT molecular complexity index is 862. The zero-order valence-corrected chi connectivity index (χ0v) is 17.5. The van der Waals surface area contributed by atoms with Crippen LogP contribution >= 0.6 is 23.2 Å². The summed E-state index contributed by atoms with van der Waals surface area (Å²) in [5, 5.41) is 4.71. The third kappa shape index (κ3) is 2.48. The maximum absolute atomic E-state index is 6.48. The van der Waals surface area contributed by atoms with E-state index in [4.69, 9.17) is 23.2 Å². The van der Waals surface area contributed by atoms with Gasteiger partial charge in [0, 0.05) is 10.0 Å². The molecule has 0 radical (unpaired) electrons. The Morgan fingerprint density at radius 3 is 1.52 bits per heavy atom. The second-order valence-corrected chi connectivity index (χ2v) is 12.9. The molecule has 0 nitrogen and oxygen atoms in total. The van der Waals surface area contributed by atoms with Gasteiger partial charge in [0.15, 0.2) is 0 Å². The van der Waals surface area contributed by atoms with Crippen molar-refractivity contribution in [2.24, 2.45) is 0 Å². The smallest absolute Gasteiger partial charge is 0.0837 e. The van der Waals surface area contributed by atoms with Crippen molar-refractivity contribution in [1.82, 2.24) is 0 Å². The van der Waals surface area contributed by atoms with Crippen LogP contribution in [0.4, 0.5) is 0 Å². The van der Waals surface area contributed by atoms with Gasteiger partial charge < -0.3 is 0 Å². The Kier molecular flexibility index (Phi) is 4.03. The summed E-state index contributed by atoms with van der Waals surface area (Å²) in [6.45, 7) is 9.44. The van der Waals surface area contributed by atoms with E-state index in [9.17, 15) is 0 Å². The fourth-order valence-electron chi connectivity index (χ4n) is 4.45. The molecule has 2 aliphatic carbocycles. The van der Waals surface area contributed by atoms with Gasteiger partial charge in [-0.05, 0) is 46.2 Å². The van der Waals surface area contributed by atoms with Crippen LogP contribution in [-0.4, -0.2) is 8.07 Å². The zero-order valence-electron chi connectivity index (χ0n) is 15.0. The van der Waals surface area contributed by atoms with E-state index < -0.39 is 8.07 Å². The average molecular weight is 385 g/mol. The van der Waals surface area contributed by atoms with Crippen LogP contribution < -0.4 is 10.4 Å². The van der Waals surface area contributed by atoms with Gasteiger partial charge >= 0.3 is 0 Å². The molecule has 2 aromatic carbocycles. The third-order valence-electron chi connectivity index (χ3n) is 5.83.